The summed E-state index contributed by atoms with van der Waals surface area (Å²) in [6.45, 7) is 1.81. The van der Waals surface area contributed by atoms with Crippen molar-refractivity contribution in [2.75, 3.05) is 42.3 Å². The van der Waals surface area contributed by atoms with E-state index >= 15 is 0 Å². The van der Waals surface area contributed by atoms with Gasteiger partial charge in [0.2, 0.25) is 0 Å². The molecule has 0 aromatic heterocycles. The molecule has 14 heavy (non-hydrogen) atoms. The molecule has 0 aliphatic carbocycles. The van der Waals surface area contributed by atoms with Gasteiger partial charge in [0.1, 0.15) is 0 Å². The minimum absolute atomic E-state index is 0. The number of hydrogen-bond donors (Lipinski definition) is 1. The van der Waals surface area contributed by atoms with Gasteiger partial charge in [-0.2, -0.15) is 0 Å². The number of aliphatic hydroxyl groups is 1. The molecule has 1 unspecified atom stereocenters. The zero-order valence-corrected chi connectivity index (χ0v) is 11.9. The summed E-state index contributed by atoms with van der Waals surface area (Å²) >= 11 is 0. The molecule has 84 valence electrons. The average molecular weight is 237 g/mol. The normalized spacial score (nSPS) is 14.8. The molecule has 1 N–H and O–H groups in total. The van der Waals surface area contributed by atoms with Crippen LogP contribution in [-0.2, 0) is 21.7 Å². The van der Waals surface area contributed by atoms with Crippen molar-refractivity contribution in [2.45, 2.75) is 18.8 Å². The molecule has 0 rings (SSSR count). The third-order valence-corrected chi connectivity index (χ3v) is 2.54. The van der Waals surface area contributed by atoms with Gasteiger partial charge in [0.15, 0.2) is 5.79 Å². The smallest absolute Gasteiger partial charge is 0.156 e. The fourth-order valence-electron chi connectivity index (χ4n) is 2.32. The molecular weight excluding hydrogens is 214 g/mol. The van der Waals surface area contributed by atoms with E-state index in [1.54, 1.807) is 6.92 Å². The summed E-state index contributed by atoms with van der Waals surface area (Å²) in [7, 11) is 11.8. The molecule has 0 aromatic rings. The van der Waals surface area contributed by atoms with Gasteiger partial charge in [0.05, 0.1) is 6.10 Å². The van der Waals surface area contributed by atoms with Gasteiger partial charge < -0.3 is 5.11 Å². The molecule has 0 fully saturated rings. The van der Waals surface area contributed by atoms with Gasteiger partial charge in [-0.05, 0) is 49.2 Å². The number of likely N-dealkylation sites (N-methyl/N-ethyl adjacent to an activating group) is 3. The molecule has 0 aliphatic rings. The Bertz CT molecular complexity index is 123. The first kappa shape index (κ1) is 17.0. The van der Waals surface area contributed by atoms with Gasteiger partial charge in [-0.1, -0.05) is 0 Å². The summed E-state index contributed by atoms with van der Waals surface area (Å²) in [6.07, 6.45) is -0.451. The average Bonchev–Trinajstić information content (AvgIpc) is 1.82. The molecule has 0 saturated heterocycles. The number of hydrogen-bond acceptors (Lipinski definition) is 4. The second kappa shape index (κ2) is 6.21. The fraction of sp³-hybridized carbons (Fsp3) is 1.00. The maximum Gasteiger partial charge on any atom is 0.156 e. The van der Waals surface area contributed by atoms with Crippen LogP contribution in [0.2, 0.25) is 0 Å². The number of rotatable bonds is 4. The standard InChI is InChI=1S/C9H23N3O.Ti/c1-8(13)9(10(2)3,11(4)5)12(6)7;/h8,13H,1-7H3;. The maximum absolute atomic E-state index is 9.85. The van der Waals surface area contributed by atoms with Crippen molar-refractivity contribution < 1.29 is 26.8 Å². The molecule has 0 aliphatic heterocycles. The van der Waals surface area contributed by atoms with E-state index in [2.05, 4.69) is 0 Å². The predicted molar refractivity (Wildman–Crippen MR) is 55.5 cm³/mol. The largest absolute Gasteiger partial charge is 0.389 e. The quantitative estimate of drug-likeness (QED) is 0.537. The Morgan fingerprint density at radius 1 is 0.857 bits per heavy atom. The van der Waals surface area contributed by atoms with E-state index in [4.69, 9.17) is 0 Å². The van der Waals surface area contributed by atoms with E-state index in [0.29, 0.717) is 0 Å². The van der Waals surface area contributed by atoms with Crippen molar-refractivity contribution in [1.82, 2.24) is 14.7 Å². The van der Waals surface area contributed by atoms with E-state index in [9.17, 15) is 5.11 Å². The van der Waals surface area contributed by atoms with Crippen LogP contribution in [0.4, 0.5) is 0 Å². The van der Waals surface area contributed by atoms with E-state index < -0.39 is 11.9 Å². The SMILES string of the molecule is CC(O)C(N(C)C)(N(C)C)N(C)C.[Ti]. The van der Waals surface area contributed by atoms with Crippen LogP contribution in [0, 0.1) is 0 Å². The van der Waals surface area contributed by atoms with Crippen LogP contribution in [0.3, 0.4) is 0 Å². The van der Waals surface area contributed by atoms with Crippen molar-refractivity contribution in [3.8, 4) is 0 Å². The van der Waals surface area contributed by atoms with Gasteiger partial charge in [-0.25, -0.2) is 0 Å². The van der Waals surface area contributed by atoms with E-state index in [1.807, 2.05) is 57.0 Å². The Morgan fingerprint density at radius 3 is 1.07 bits per heavy atom. The van der Waals surface area contributed by atoms with Crippen molar-refractivity contribution >= 4 is 0 Å². The minimum atomic E-state index is -0.451. The van der Waals surface area contributed by atoms with E-state index in [-0.39, 0.29) is 21.7 Å². The minimum Gasteiger partial charge on any atom is -0.389 e. The van der Waals surface area contributed by atoms with Crippen LogP contribution in [0.25, 0.3) is 0 Å². The molecule has 0 amide bonds. The van der Waals surface area contributed by atoms with E-state index in [0.717, 1.165) is 0 Å². The molecule has 0 spiro atoms. The molecule has 1 atom stereocenters. The van der Waals surface area contributed by atoms with Gasteiger partial charge in [-0.3, -0.25) is 14.7 Å². The Kier molecular flexibility index (Phi) is 7.52. The fourth-order valence-corrected chi connectivity index (χ4v) is 2.32. The summed E-state index contributed by atoms with van der Waals surface area (Å²) in [5.41, 5.74) is 0. The van der Waals surface area contributed by atoms with Crippen LogP contribution < -0.4 is 0 Å². The molecule has 0 aromatic carbocycles. The molecule has 0 radical (unpaired) electrons. The Labute approximate surface area is 103 Å². The van der Waals surface area contributed by atoms with Crippen molar-refractivity contribution in [2.24, 2.45) is 0 Å². The summed E-state index contributed by atoms with van der Waals surface area (Å²) in [4.78, 5) is 6.03. The van der Waals surface area contributed by atoms with Crippen LogP contribution in [0.5, 0.6) is 0 Å². The Balaban J connectivity index is 0. The van der Waals surface area contributed by atoms with Crippen LogP contribution in [0.1, 0.15) is 6.92 Å². The summed E-state index contributed by atoms with van der Waals surface area (Å²) in [5.74, 6) is -0.444. The number of nitrogens with zero attached hydrogens (tertiary/aromatic N) is 3. The molecule has 0 saturated carbocycles. The zero-order chi connectivity index (χ0) is 10.8. The first-order chi connectivity index (χ1) is 5.77. The van der Waals surface area contributed by atoms with Crippen LogP contribution >= 0.6 is 0 Å². The van der Waals surface area contributed by atoms with Crippen molar-refractivity contribution in [3.05, 3.63) is 0 Å². The first-order valence-electron chi connectivity index (χ1n) is 4.48. The summed E-state index contributed by atoms with van der Waals surface area (Å²) in [6, 6.07) is 0. The van der Waals surface area contributed by atoms with Crippen molar-refractivity contribution in [3.63, 3.8) is 0 Å². The van der Waals surface area contributed by atoms with Gasteiger partial charge >= 0.3 is 0 Å². The molecule has 5 heteroatoms. The Morgan fingerprint density at radius 2 is 1.07 bits per heavy atom. The van der Waals surface area contributed by atoms with Crippen LogP contribution in [-0.4, -0.2) is 74.0 Å². The zero-order valence-electron chi connectivity index (χ0n) is 10.4. The van der Waals surface area contributed by atoms with Gasteiger partial charge in [0, 0.05) is 21.7 Å². The van der Waals surface area contributed by atoms with Gasteiger partial charge in [0.25, 0.3) is 0 Å². The monoisotopic (exact) mass is 237 g/mol. The maximum atomic E-state index is 9.85. The second-order valence-electron chi connectivity index (χ2n) is 4.05. The third-order valence-electron chi connectivity index (χ3n) is 2.54. The van der Waals surface area contributed by atoms with E-state index in [1.165, 1.54) is 0 Å². The molecule has 4 nitrogen and oxygen atoms in total. The van der Waals surface area contributed by atoms with Crippen molar-refractivity contribution in [1.29, 1.82) is 0 Å². The molecular formula is C9H23N3OTi. The third kappa shape index (κ3) is 2.78. The summed E-state index contributed by atoms with van der Waals surface area (Å²) in [5, 5.41) is 9.85. The topological polar surface area (TPSA) is 30.0 Å². The predicted octanol–water partition coefficient (Wildman–Crippen LogP) is -0.297. The second-order valence-corrected chi connectivity index (χ2v) is 4.05. The summed E-state index contributed by atoms with van der Waals surface area (Å²) < 4.78 is 0. The Hall–Kier alpha value is 0.554. The first-order valence-corrected chi connectivity index (χ1v) is 4.48. The van der Waals surface area contributed by atoms with Crippen LogP contribution in [0.15, 0.2) is 0 Å². The molecule has 0 heterocycles. The van der Waals surface area contributed by atoms with Gasteiger partial charge in [-0.15, -0.1) is 0 Å². The molecule has 0 bridgehead atoms. The number of aliphatic hydroxyl groups excluding tert-OH is 1.